The van der Waals surface area contributed by atoms with E-state index in [1.165, 1.54) is 17.3 Å². The molecule has 2 rings (SSSR count). The van der Waals surface area contributed by atoms with Crippen molar-refractivity contribution >= 4 is 22.7 Å². The Hall–Kier alpha value is -1.74. The summed E-state index contributed by atoms with van der Waals surface area (Å²) in [7, 11) is 0. The molecule has 0 aliphatic heterocycles. The number of carbonyl (C=O) groups is 1. The van der Waals surface area contributed by atoms with E-state index in [4.69, 9.17) is 0 Å². The molecule has 1 N–H and O–H groups in total. The van der Waals surface area contributed by atoms with Gasteiger partial charge in [0, 0.05) is 10.6 Å². The SMILES string of the molecule is CC(C)c1ccc(NC(=O)Sc2ccccc2)cc1. The highest BCUT2D eigenvalue weighted by atomic mass is 32.2. The number of hydrogen-bond donors (Lipinski definition) is 1. The second-order valence-corrected chi connectivity index (χ2v) is 5.65. The molecule has 0 unspecified atom stereocenters. The van der Waals surface area contributed by atoms with Gasteiger partial charge in [0.1, 0.15) is 0 Å². The topological polar surface area (TPSA) is 29.1 Å². The van der Waals surface area contributed by atoms with E-state index < -0.39 is 0 Å². The number of carbonyl (C=O) groups excluding carboxylic acids is 1. The van der Waals surface area contributed by atoms with Gasteiger partial charge >= 0.3 is 0 Å². The number of amides is 1. The molecule has 0 fully saturated rings. The van der Waals surface area contributed by atoms with Gasteiger partial charge < -0.3 is 5.32 Å². The Kier molecular flexibility index (Phi) is 4.63. The molecule has 0 radical (unpaired) electrons. The summed E-state index contributed by atoms with van der Waals surface area (Å²) in [5.74, 6) is 0.503. The predicted octanol–water partition coefficient (Wildman–Crippen LogP) is 5.13. The molecule has 0 saturated heterocycles. The van der Waals surface area contributed by atoms with Crippen LogP contribution in [0.1, 0.15) is 25.3 Å². The summed E-state index contributed by atoms with van der Waals surface area (Å²) in [6, 6.07) is 17.6. The highest BCUT2D eigenvalue weighted by molar-refractivity contribution is 8.13. The molecule has 2 aromatic carbocycles. The van der Waals surface area contributed by atoms with Gasteiger partial charge in [-0.3, -0.25) is 4.79 Å². The van der Waals surface area contributed by atoms with Gasteiger partial charge in [0.2, 0.25) is 0 Å². The third kappa shape index (κ3) is 4.14. The van der Waals surface area contributed by atoms with Crippen molar-refractivity contribution in [3.05, 3.63) is 60.2 Å². The van der Waals surface area contributed by atoms with Crippen LogP contribution in [0.4, 0.5) is 10.5 Å². The van der Waals surface area contributed by atoms with Crippen LogP contribution in [-0.4, -0.2) is 5.24 Å². The van der Waals surface area contributed by atoms with E-state index in [1.807, 2.05) is 54.6 Å². The summed E-state index contributed by atoms with van der Waals surface area (Å²) < 4.78 is 0. The quantitative estimate of drug-likeness (QED) is 0.784. The van der Waals surface area contributed by atoms with Crippen LogP contribution in [0.5, 0.6) is 0 Å². The number of anilines is 1. The van der Waals surface area contributed by atoms with Crippen LogP contribution in [0, 0.1) is 0 Å². The largest absolute Gasteiger partial charge is 0.317 e. The van der Waals surface area contributed by atoms with Crippen molar-refractivity contribution in [3.8, 4) is 0 Å². The summed E-state index contributed by atoms with van der Waals surface area (Å²) in [6.45, 7) is 4.30. The molecule has 1 amide bonds. The lowest BCUT2D eigenvalue weighted by Gasteiger charge is -2.08. The number of hydrogen-bond acceptors (Lipinski definition) is 2. The zero-order chi connectivity index (χ0) is 13.7. The summed E-state index contributed by atoms with van der Waals surface area (Å²) in [5.41, 5.74) is 2.10. The predicted molar refractivity (Wildman–Crippen MR) is 81.8 cm³/mol. The second kappa shape index (κ2) is 6.43. The van der Waals surface area contributed by atoms with Gasteiger partial charge in [0.25, 0.3) is 5.24 Å². The first kappa shape index (κ1) is 13.7. The van der Waals surface area contributed by atoms with Crippen molar-refractivity contribution < 1.29 is 4.79 Å². The Morgan fingerprint density at radius 2 is 1.63 bits per heavy atom. The molecule has 0 heterocycles. The maximum Gasteiger partial charge on any atom is 0.288 e. The van der Waals surface area contributed by atoms with E-state index in [-0.39, 0.29) is 5.24 Å². The molecule has 98 valence electrons. The smallest absolute Gasteiger partial charge is 0.288 e. The Morgan fingerprint density at radius 1 is 1.00 bits per heavy atom. The number of benzene rings is 2. The van der Waals surface area contributed by atoms with Gasteiger partial charge in [0.15, 0.2) is 0 Å². The molecule has 3 heteroatoms. The number of rotatable bonds is 3. The molecule has 0 aliphatic rings. The highest BCUT2D eigenvalue weighted by Crippen LogP contribution is 2.22. The lowest BCUT2D eigenvalue weighted by atomic mass is 10.0. The van der Waals surface area contributed by atoms with E-state index in [0.29, 0.717) is 5.92 Å². The van der Waals surface area contributed by atoms with E-state index in [2.05, 4.69) is 19.2 Å². The maximum atomic E-state index is 11.9. The van der Waals surface area contributed by atoms with Crippen LogP contribution in [-0.2, 0) is 0 Å². The first-order valence-electron chi connectivity index (χ1n) is 6.29. The highest BCUT2D eigenvalue weighted by Gasteiger charge is 2.05. The van der Waals surface area contributed by atoms with Crippen molar-refractivity contribution in [1.29, 1.82) is 0 Å². The fraction of sp³-hybridized carbons (Fsp3) is 0.188. The van der Waals surface area contributed by atoms with Crippen LogP contribution in [0.15, 0.2) is 59.5 Å². The van der Waals surface area contributed by atoms with Gasteiger partial charge in [-0.15, -0.1) is 0 Å². The van der Waals surface area contributed by atoms with Gasteiger partial charge in [-0.05, 0) is 47.5 Å². The maximum absolute atomic E-state index is 11.9. The van der Waals surface area contributed by atoms with Crippen LogP contribution in [0.2, 0.25) is 0 Å². The summed E-state index contributed by atoms with van der Waals surface area (Å²) in [5, 5.41) is 2.81. The average Bonchev–Trinajstić information content (AvgIpc) is 2.40. The molecule has 19 heavy (non-hydrogen) atoms. The van der Waals surface area contributed by atoms with E-state index in [9.17, 15) is 4.79 Å². The monoisotopic (exact) mass is 271 g/mol. The Bertz CT molecular complexity index is 534. The Balaban J connectivity index is 1.95. The van der Waals surface area contributed by atoms with Crippen LogP contribution in [0.3, 0.4) is 0 Å². The molecule has 0 spiro atoms. The molecule has 2 nitrogen and oxygen atoms in total. The van der Waals surface area contributed by atoms with Gasteiger partial charge in [-0.2, -0.15) is 0 Å². The van der Waals surface area contributed by atoms with Crippen molar-refractivity contribution in [2.24, 2.45) is 0 Å². The first-order valence-corrected chi connectivity index (χ1v) is 7.10. The second-order valence-electron chi connectivity index (χ2n) is 4.60. The standard InChI is InChI=1S/C16H17NOS/c1-12(2)13-8-10-14(11-9-13)17-16(18)19-15-6-4-3-5-7-15/h3-12H,1-2H3,(H,17,18). The van der Waals surface area contributed by atoms with Gasteiger partial charge in [-0.1, -0.05) is 44.2 Å². The lowest BCUT2D eigenvalue weighted by Crippen LogP contribution is -2.04. The molecule has 0 atom stereocenters. The van der Waals surface area contributed by atoms with Crippen LogP contribution >= 0.6 is 11.8 Å². The minimum atomic E-state index is -0.0662. The molecule has 0 saturated carbocycles. The van der Waals surface area contributed by atoms with Crippen molar-refractivity contribution in [2.45, 2.75) is 24.7 Å². The minimum absolute atomic E-state index is 0.0662. The molecule has 0 aliphatic carbocycles. The summed E-state index contributed by atoms with van der Waals surface area (Å²) in [4.78, 5) is 12.8. The molecule has 0 bridgehead atoms. The Morgan fingerprint density at radius 3 is 2.21 bits per heavy atom. The zero-order valence-corrected chi connectivity index (χ0v) is 11.9. The van der Waals surface area contributed by atoms with Crippen LogP contribution in [0.25, 0.3) is 0 Å². The van der Waals surface area contributed by atoms with E-state index in [0.717, 1.165) is 10.6 Å². The fourth-order valence-corrected chi connectivity index (χ4v) is 2.37. The first-order chi connectivity index (χ1) is 9.15. The molecule has 2 aromatic rings. The summed E-state index contributed by atoms with van der Waals surface area (Å²) >= 11 is 1.20. The van der Waals surface area contributed by atoms with Crippen molar-refractivity contribution in [1.82, 2.24) is 0 Å². The van der Waals surface area contributed by atoms with Crippen molar-refractivity contribution in [3.63, 3.8) is 0 Å². The normalized spacial score (nSPS) is 10.5. The zero-order valence-electron chi connectivity index (χ0n) is 11.1. The Labute approximate surface area is 118 Å². The number of nitrogens with one attached hydrogen (secondary N) is 1. The third-order valence-corrected chi connectivity index (χ3v) is 3.57. The van der Waals surface area contributed by atoms with E-state index >= 15 is 0 Å². The number of thioether (sulfide) groups is 1. The van der Waals surface area contributed by atoms with Crippen LogP contribution < -0.4 is 5.32 Å². The molecular weight excluding hydrogens is 254 g/mol. The fourth-order valence-electron chi connectivity index (χ4n) is 1.69. The third-order valence-electron chi connectivity index (χ3n) is 2.78. The van der Waals surface area contributed by atoms with Gasteiger partial charge in [0.05, 0.1) is 0 Å². The molecular formula is C16H17NOS. The van der Waals surface area contributed by atoms with Crippen molar-refractivity contribution in [2.75, 3.05) is 5.32 Å². The summed E-state index contributed by atoms with van der Waals surface area (Å²) in [6.07, 6.45) is 0. The van der Waals surface area contributed by atoms with E-state index in [1.54, 1.807) is 0 Å². The van der Waals surface area contributed by atoms with Gasteiger partial charge in [-0.25, -0.2) is 0 Å². The average molecular weight is 271 g/mol. The lowest BCUT2D eigenvalue weighted by molar-refractivity contribution is 0.270. The minimum Gasteiger partial charge on any atom is -0.317 e. The molecule has 0 aromatic heterocycles.